The lowest BCUT2D eigenvalue weighted by Crippen LogP contribution is -2.40. The maximum atomic E-state index is 12.5. The molecule has 158 valence electrons. The molecular formula is C21H22ClN3O4S. The van der Waals surface area contributed by atoms with Crippen LogP contribution in [0.1, 0.15) is 18.4 Å². The molecule has 0 unspecified atom stereocenters. The molecule has 1 fully saturated rings. The molecule has 30 heavy (non-hydrogen) atoms. The lowest BCUT2D eigenvalue weighted by atomic mass is 9.95. The predicted molar refractivity (Wildman–Crippen MR) is 116 cm³/mol. The summed E-state index contributed by atoms with van der Waals surface area (Å²) >= 11 is 5.85. The molecule has 0 saturated carbocycles. The van der Waals surface area contributed by atoms with Crippen molar-refractivity contribution in [1.29, 1.82) is 0 Å². The van der Waals surface area contributed by atoms with Crippen LogP contribution < -0.4 is 10.5 Å². The first kappa shape index (κ1) is 22.0. The molecule has 0 radical (unpaired) electrons. The number of likely N-dealkylation sites (tertiary alicyclic amines) is 1. The number of hydrogen-bond donors (Lipinski definition) is 2. The first-order chi connectivity index (χ1) is 14.2. The van der Waals surface area contributed by atoms with Gasteiger partial charge in [-0.05, 0) is 60.9 Å². The predicted octanol–water partition coefficient (Wildman–Crippen LogP) is 2.88. The van der Waals surface area contributed by atoms with Gasteiger partial charge in [0, 0.05) is 35.8 Å². The summed E-state index contributed by atoms with van der Waals surface area (Å²) in [6.07, 6.45) is 4.38. The smallest absolute Gasteiger partial charge is 0.246 e. The Morgan fingerprint density at radius 2 is 1.63 bits per heavy atom. The Morgan fingerprint density at radius 1 is 1.03 bits per heavy atom. The number of piperidine rings is 1. The molecule has 1 saturated heterocycles. The Bertz CT molecular complexity index is 1040. The quantitative estimate of drug-likeness (QED) is 0.686. The molecule has 0 atom stereocenters. The van der Waals surface area contributed by atoms with Crippen LogP contribution in [-0.2, 0) is 19.6 Å². The minimum atomic E-state index is -3.77. The van der Waals surface area contributed by atoms with Gasteiger partial charge in [0.2, 0.25) is 21.8 Å². The van der Waals surface area contributed by atoms with Gasteiger partial charge in [-0.2, -0.15) is 0 Å². The SMILES string of the molecule is NS(=O)(=O)c1ccc(NC(=O)C2CCN(C(=O)C=Cc3ccc(Cl)cc3)CC2)cc1. The second-order valence-corrected chi connectivity index (χ2v) is 9.04. The highest BCUT2D eigenvalue weighted by Gasteiger charge is 2.26. The molecule has 9 heteroatoms. The van der Waals surface area contributed by atoms with Gasteiger partial charge in [0.15, 0.2) is 0 Å². The van der Waals surface area contributed by atoms with Gasteiger partial charge >= 0.3 is 0 Å². The van der Waals surface area contributed by atoms with Crippen molar-refractivity contribution < 1.29 is 18.0 Å². The van der Waals surface area contributed by atoms with Gasteiger partial charge in [-0.25, -0.2) is 13.6 Å². The van der Waals surface area contributed by atoms with Gasteiger partial charge < -0.3 is 10.2 Å². The van der Waals surface area contributed by atoms with Crippen LogP contribution in [0.25, 0.3) is 6.08 Å². The Balaban J connectivity index is 1.50. The fourth-order valence-corrected chi connectivity index (χ4v) is 3.82. The van der Waals surface area contributed by atoms with E-state index >= 15 is 0 Å². The van der Waals surface area contributed by atoms with Crippen molar-refractivity contribution in [3.05, 3.63) is 65.2 Å². The number of sulfonamides is 1. The average Bonchev–Trinajstić information content (AvgIpc) is 2.73. The third-order valence-corrected chi connectivity index (χ3v) is 6.10. The minimum Gasteiger partial charge on any atom is -0.339 e. The zero-order chi connectivity index (χ0) is 21.7. The molecule has 2 aromatic carbocycles. The molecule has 0 bridgehead atoms. The van der Waals surface area contributed by atoms with E-state index in [1.807, 2.05) is 12.1 Å². The van der Waals surface area contributed by atoms with E-state index < -0.39 is 10.0 Å². The van der Waals surface area contributed by atoms with Crippen molar-refractivity contribution in [2.45, 2.75) is 17.7 Å². The van der Waals surface area contributed by atoms with Crippen LogP contribution in [0.5, 0.6) is 0 Å². The molecule has 2 aromatic rings. The molecule has 0 spiro atoms. The van der Waals surface area contributed by atoms with E-state index in [1.165, 1.54) is 30.3 Å². The highest BCUT2D eigenvalue weighted by atomic mass is 35.5. The molecule has 0 aromatic heterocycles. The average molecular weight is 448 g/mol. The Kier molecular flexibility index (Phi) is 6.91. The van der Waals surface area contributed by atoms with Gasteiger partial charge in [0.05, 0.1) is 4.90 Å². The molecule has 1 heterocycles. The van der Waals surface area contributed by atoms with Crippen LogP contribution >= 0.6 is 11.6 Å². The number of nitrogens with zero attached hydrogens (tertiary/aromatic N) is 1. The van der Waals surface area contributed by atoms with E-state index in [-0.39, 0.29) is 22.6 Å². The largest absolute Gasteiger partial charge is 0.339 e. The zero-order valence-electron chi connectivity index (χ0n) is 16.1. The van der Waals surface area contributed by atoms with Gasteiger partial charge in [-0.15, -0.1) is 0 Å². The van der Waals surface area contributed by atoms with Crippen LogP contribution in [0.15, 0.2) is 59.5 Å². The standard InChI is InChI=1S/C21H22ClN3O4S/c22-17-4-1-15(2-5-17)3-10-20(26)25-13-11-16(12-14-25)21(27)24-18-6-8-19(9-7-18)30(23,28)29/h1-10,16H,11-14H2,(H,24,27)(H2,23,28,29). The third-order valence-electron chi connectivity index (χ3n) is 4.92. The van der Waals surface area contributed by atoms with E-state index in [0.717, 1.165) is 5.56 Å². The van der Waals surface area contributed by atoms with E-state index in [2.05, 4.69) is 5.32 Å². The highest BCUT2D eigenvalue weighted by Crippen LogP contribution is 2.21. The molecule has 1 aliphatic rings. The second-order valence-electron chi connectivity index (χ2n) is 7.04. The fourth-order valence-electron chi connectivity index (χ4n) is 3.18. The number of nitrogens with two attached hydrogens (primary N) is 1. The molecular weight excluding hydrogens is 426 g/mol. The second kappa shape index (κ2) is 9.42. The molecule has 7 nitrogen and oxygen atoms in total. The molecule has 3 rings (SSSR count). The number of hydrogen-bond acceptors (Lipinski definition) is 4. The number of carbonyl (C=O) groups excluding carboxylic acids is 2. The summed E-state index contributed by atoms with van der Waals surface area (Å²) in [5.41, 5.74) is 1.38. The van der Waals surface area contributed by atoms with Crippen LogP contribution in [0.3, 0.4) is 0 Å². The Hall–Kier alpha value is -2.68. The normalized spacial score (nSPS) is 15.3. The number of anilines is 1. The highest BCUT2D eigenvalue weighted by molar-refractivity contribution is 7.89. The fraction of sp³-hybridized carbons (Fsp3) is 0.238. The summed E-state index contributed by atoms with van der Waals surface area (Å²) in [7, 11) is -3.77. The van der Waals surface area contributed by atoms with E-state index in [4.69, 9.17) is 16.7 Å². The lowest BCUT2D eigenvalue weighted by molar-refractivity contribution is -0.130. The lowest BCUT2D eigenvalue weighted by Gasteiger charge is -2.30. The van der Waals surface area contributed by atoms with Crippen LogP contribution in [0.2, 0.25) is 5.02 Å². The van der Waals surface area contributed by atoms with Crippen LogP contribution in [0.4, 0.5) is 5.69 Å². The van der Waals surface area contributed by atoms with Gasteiger partial charge in [0.1, 0.15) is 0 Å². The number of halogens is 1. The maximum Gasteiger partial charge on any atom is 0.246 e. The van der Waals surface area contributed by atoms with Crippen LogP contribution in [0, 0.1) is 5.92 Å². The Labute approximate surface area is 180 Å². The number of rotatable bonds is 5. The van der Waals surface area contributed by atoms with Crippen molar-refractivity contribution in [1.82, 2.24) is 4.90 Å². The molecule has 0 aliphatic carbocycles. The Morgan fingerprint density at radius 3 is 2.20 bits per heavy atom. The topological polar surface area (TPSA) is 110 Å². The summed E-state index contributed by atoms with van der Waals surface area (Å²) < 4.78 is 22.6. The van der Waals surface area contributed by atoms with Gasteiger partial charge in [0.25, 0.3) is 0 Å². The first-order valence-corrected chi connectivity index (χ1v) is 11.3. The molecule has 2 amide bonds. The summed E-state index contributed by atoms with van der Waals surface area (Å²) in [4.78, 5) is 26.6. The van der Waals surface area contributed by atoms with Crippen molar-refractivity contribution in [3.63, 3.8) is 0 Å². The van der Waals surface area contributed by atoms with E-state index in [9.17, 15) is 18.0 Å². The van der Waals surface area contributed by atoms with Gasteiger partial charge in [-0.3, -0.25) is 9.59 Å². The summed E-state index contributed by atoms with van der Waals surface area (Å²) in [6, 6.07) is 12.9. The monoisotopic (exact) mass is 447 g/mol. The third kappa shape index (κ3) is 5.91. The summed E-state index contributed by atoms with van der Waals surface area (Å²) in [5.74, 6) is -0.461. The molecule has 1 aliphatic heterocycles. The van der Waals surface area contributed by atoms with Gasteiger partial charge in [-0.1, -0.05) is 23.7 Å². The first-order valence-electron chi connectivity index (χ1n) is 9.39. The number of primary sulfonamides is 1. The van der Waals surface area contributed by atoms with Crippen molar-refractivity contribution in [2.24, 2.45) is 11.1 Å². The summed E-state index contributed by atoms with van der Waals surface area (Å²) in [6.45, 7) is 0.985. The van der Waals surface area contributed by atoms with Crippen molar-refractivity contribution >= 4 is 45.2 Å². The van der Waals surface area contributed by atoms with Crippen LogP contribution in [-0.4, -0.2) is 38.2 Å². The van der Waals surface area contributed by atoms with Crippen molar-refractivity contribution in [2.75, 3.05) is 18.4 Å². The number of carbonyl (C=O) groups is 2. The van der Waals surface area contributed by atoms with E-state index in [1.54, 1.807) is 23.1 Å². The molecule has 3 N–H and O–H groups in total. The number of benzene rings is 2. The minimum absolute atomic E-state index is 0.0148. The van der Waals surface area contributed by atoms with Crippen molar-refractivity contribution in [3.8, 4) is 0 Å². The zero-order valence-corrected chi connectivity index (χ0v) is 17.7. The maximum absolute atomic E-state index is 12.5. The summed E-state index contributed by atoms with van der Waals surface area (Å²) in [5, 5.41) is 8.49. The number of amides is 2. The van der Waals surface area contributed by atoms with E-state index in [0.29, 0.717) is 36.6 Å². The number of nitrogens with one attached hydrogen (secondary N) is 1.